The second-order valence-electron chi connectivity index (χ2n) is 2.59. The predicted octanol–water partition coefficient (Wildman–Crippen LogP) is 1.77. The summed E-state index contributed by atoms with van der Waals surface area (Å²) in [6.45, 7) is 1.94. The van der Waals surface area contributed by atoms with Crippen molar-refractivity contribution in [2.24, 2.45) is 5.73 Å². The molecule has 0 heterocycles. The maximum Gasteiger partial charge on any atom is 0.249 e. The van der Waals surface area contributed by atoms with Gasteiger partial charge in [0.1, 0.15) is 0 Å². The molecule has 0 atom stereocenters. The molecule has 0 aliphatic carbocycles. The van der Waals surface area contributed by atoms with Gasteiger partial charge in [-0.2, -0.15) is 0 Å². The molecule has 0 fully saturated rings. The van der Waals surface area contributed by atoms with Crippen molar-refractivity contribution < 1.29 is 4.79 Å². The third-order valence-corrected chi connectivity index (χ3v) is 1.83. The second-order valence-corrected chi connectivity index (χ2v) is 2.59. The van der Waals surface area contributed by atoms with E-state index in [0.717, 1.165) is 12.0 Å². The number of benzene rings is 1. The SMILES string of the molecule is CCc1c(N)cccc1C(N)=O.Cl.Cl. The van der Waals surface area contributed by atoms with E-state index >= 15 is 0 Å². The van der Waals surface area contributed by atoms with Crippen molar-refractivity contribution in [1.82, 2.24) is 0 Å². The van der Waals surface area contributed by atoms with Crippen LogP contribution in [0.1, 0.15) is 22.8 Å². The van der Waals surface area contributed by atoms with Gasteiger partial charge in [0.2, 0.25) is 5.91 Å². The topological polar surface area (TPSA) is 69.1 Å². The minimum atomic E-state index is -0.417. The van der Waals surface area contributed by atoms with Crippen molar-refractivity contribution in [3.05, 3.63) is 29.3 Å². The first-order valence-corrected chi connectivity index (χ1v) is 3.84. The van der Waals surface area contributed by atoms with Gasteiger partial charge in [0.25, 0.3) is 0 Å². The summed E-state index contributed by atoms with van der Waals surface area (Å²) in [6, 6.07) is 5.19. The van der Waals surface area contributed by atoms with E-state index in [0.29, 0.717) is 11.3 Å². The number of amides is 1. The van der Waals surface area contributed by atoms with Crippen molar-refractivity contribution >= 4 is 36.4 Å². The van der Waals surface area contributed by atoms with E-state index in [1.165, 1.54) is 0 Å². The van der Waals surface area contributed by atoms with Crippen LogP contribution in [0.3, 0.4) is 0 Å². The third-order valence-electron chi connectivity index (χ3n) is 1.83. The fraction of sp³-hybridized carbons (Fsp3) is 0.222. The molecule has 0 radical (unpaired) electrons. The highest BCUT2D eigenvalue weighted by atomic mass is 35.5. The van der Waals surface area contributed by atoms with Crippen LogP contribution in [0.15, 0.2) is 18.2 Å². The Morgan fingerprint density at radius 2 is 1.93 bits per heavy atom. The Hall–Kier alpha value is -0.930. The number of carbonyl (C=O) groups is 1. The van der Waals surface area contributed by atoms with Crippen molar-refractivity contribution in [2.75, 3.05) is 5.73 Å². The lowest BCUT2D eigenvalue weighted by Crippen LogP contribution is -2.14. The highest BCUT2D eigenvalue weighted by Gasteiger charge is 2.07. The van der Waals surface area contributed by atoms with Crippen molar-refractivity contribution in [3.8, 4) is 0 Å². The van der Waals surface area contributed by atoms with Gasteiger partial charge in [0.15, 0.2) is 0 Å². The Balaban J connectivity index is 0. The molecule has 1 rings (SSSR count). The maximum absolute atomic E-state index is 10.9. The fourth-order valence-corrected chi connectivity index (χ4v) is 1.23. The molecule has 5 heteroatoms. The van der Waals surface area contributed by atoms with Gasteiger partial charge in [-0.1, -0.05) is 13.0 Å². The zero-order chi connectivity index (χ0) is 9.14. The fourth-order valence-electron chi connectivity index (χ4n) is 1.23. The van der Waals surface area contributed by atoms with Crippen LogP contribution in [0.25, 0.3) is 0 Å². The van der Waals surface area contributed by atoms with Crippen LogP contribution >= 0.6 is 24.8 Å². The standard InChI is InChI=1S/C9H12N2O.2ClH/c1-2-6-7(9(11)12)4-3-5-8(6)10;;/h3-5H,2,10H2,1H3,(H2,11,12);2*1H. The molecule has 1 aromatic carbocycles. The van der Waals surface area contributed by atoms with Crippen molar-refractivity contribution in [1.29, 1.82) is 0 Å². The number of primary amides is 1. The first kappa shape index (κ1) is 15.5. The normalized spacial score (nSPS) is 8.36. The van der Waals surface area contributed by atoms with Gasteiger partial charge < -0.3 is 11.5 Å². The van der Waals surface area contributed by atoms with Crippen LogP contribution in [0.2, 0.25) is 0 Å². The van der Waals surface area contributed by atoms with Gasteiger partial charge in [-0.15, -0.1) is 24.8 Å². The largest absolute Gasteiger partial charge is 0.398 e. The van der Waals surface area contributed by atoms with Gasteiger partial charge in [-0.3, -0.25) is 4.79 Å². The molecule has 1 amide bonds. The van der Waals surface area contributed by atoms with E-state index in [-0.39, 0.29) is 24.8 Å². The van der Waals surface area contributed by atoms with E-state index in [4.69, 9.17) is 11.5 Å². The van der Waals surface area contributed by atoms with Crippen LogP contribution in [0, 0.1) is 0 Å². The Bertz CT molecular complexity index is 316. The molecule has 1 aromatic rings. The van der Waals surface area contributed by atoms with E-state index in [2.05, 4.69) is 0 Å². The lowest BCUT2D eigenvalue weighted by molar-refractivity contribution is 0.0999. The molecule has 0 aliphatic rings. The highest BCUT2D eigenvalue weighted by Crippen LogP contribution is 2.16. The number of anilines is 1. The van der Waals surface area contributed by atoms with Crippen LogP contribution in [0.4, 0.5) is 5.69 Å². The molecular formula is C9H14Cl2N2O. The molecule has 0 aromatic heterocycles. The summed E-state index contributed by atoms with van der Waals surface area (Å²) in [7, 11) is 0. The number of carbonyl (C=O) groups excluding carboxylic acids is 1. The summed E-state index contributed by atoms with van der Waals surface area (Å²) in [5.74, 6) is -0.417. The molecule has 0 unspecified atom stereocenters. The van der Waals surface area contributed by atoms with Crippen molar-refractivity contribution in [2.45, 2.75) is 13.3 Å². The average Bonchev–Trinajstić information content (AvgIpc) is 2.03. The number of nitrogens with two attached hydrogens (primary N) is 2. The summed E-state index contributed by atoms with van der Waals surface area (Å²) < 4.78 is 0. The molecule has 0 saturated carbocycles. The third kappa shape index (κ3) is 3.09. The van der Waals surface area contributed by atoms with E-state index < -0.39 is 5.91 Å². The molecule has 3 nitrogen and oxygen atoms in total. The quantitative estimate of drug-likeness (QED) is 0.769. The summed E-state index contributed by atoms with van der Waals surface area (Å²) in [5, 5.41) is 0. The summed E-state index contributed by atoms with van der Waals surface area (Å²) >= 11 is 0. The zero-order valence-corrected chi connectivity index (χ0v) is 9.45. The van der Waals surface area contributed by atoms with Crippen LogP contribution in [-0.4, -0.2) is 5.91 Å². The van der Waals surface area contributed by atoms with Crippen molar-refractivity contribution in [3.63, 3.8) is 0 Å². The molecule has 0 aliphatic heterocycles. The smallest absolute Gasteiger partial charge is 0.249 e. The van der Waals surface area contributed by atoms with Gasteiger partial charge in [0.05, 0.1) is 0 Å². The lowest BCUT2D eigenvalue weighted by Gasteiger charge is -2.06. The molecule has 4 N–H and O–H groups in total. The highest BCUT2D eigenvalue weighted by molar-refractivity contribution is 5.95. The van der Waals surface area contributed by atoms with E-state index in [1.807, 2.05) is 6.92 Å². The number of nitrogen functional groups attached to an aromatic ring is 1. The van der Waals surface area contributed by atoms with Crippen LogP contribution in [0.5, 0.6) is 0 Å². The number of hydrogen-bond donors (Lipinski definition) is 2. The van der Waals surface area contributed by atoms with Gasteiger partial charge in [-0.05, 0) is 24.1 Å². The molecule has 0 bridgehead atoms. The summed E-state index contributed by atoms with van der Waals surface area (Å²) in [5.41, 5.74) is 12.8. The second kappa shape index (κ2) is 6.51. The van der Waals surface area contributed by atoms with Gasteiger partial charge in [-0.25, -0.2) is 0 Å². The van der Waals surface area contributed by atoms with E-state index in [1.54, 1.807) is 18.2 Å². The number of rotatable bonds is 2. The Labute approximate surface area is 95.7 Å². The summed E-state index contributed by atoms with van der Waals surface area (Å²) in [6.07, 6.45) is 0.727. The Kier molecular flexibility index (Phi) is 7.23. The van der Waals surface area contributed by atoms with Gasteiger partial charge >= 0.3 is 0 Å². The van der Waals surface area contributed by atoms with Gasteiger partial charge in [0, 0.05) is 11.3 Å². The lowest BCUT2D eigenvalue weighted by atomic mass is 10.0. The molecule has 0 saturated heterocycles. The molecular weight excluding hydrogens is 223 g/mol. The molecule has 0 spiro atoms. The zero-order valence-electron chi connectivity index (χ0n) is 7.82. The minimum Gasteiger partial charge on any atom is -0.398 e. The predicted molar refractivity (Wildman–Crippen MR) is 63.2 cm³/mol. The molecule has 14 heavy (non-hydrogen) atoms. The maximum atomic E-state index is 10.9. The Morgan fingerprint density at radius 1 is 1.36 bits per heavy atom. The average molecular weight is 237 g/mol. The molecule has 80 valence electrons. The number of hydrogen-bond acceptors (Lipinski definition) is 2. The minimum absolute atomic E-state index is 0. The van der Waals surface area contributed by atoms with Crippen LogP contribution < -0.4 is 11.5 Å². The summed E-state index contributed by atoms with van der Waals surface area (Å²) in [4.78, 5) is 10.9. The first-order valence-electron chi connectivity index (χ1n) is 3.84. The number of halogens is 2. The Morgan fingerprint density at radius 3 is 2.29 bits per heavy atom. The first-order chi connectivity index (χ1) is 5.66. The monoisotopic (exact) mass is 236 g/mol. The van der Waals surface area contributed by atoms with Crippen LogP contribution in [-0.2, 0) is 6.42 Å². The van der Waals surface area contributed by atoms with E-state index in [9.17, 15) is 4.79 Å².